The molecular formula is C17H22N2O2. The molecule has 1 aliphatic heterocycles. The van der Waals surface area contributed by atoms with Crippen molar-refractivity contribution in [3.63, 3.8) is 0 Å². The number of carbonyl (C=O) groups is 2. The smallest absolute Gasteiger partial charge is 0.263 e. The molecule has 1 aromatic rings. The minimum Gasteiger partial charge on any atom is -0.398 e. The highest BCUT2D eigenvalue weighted by atomic mass is 16.2. The molecule has 0 atom stereocenters. The number of nitrogen functional groups attached to an aromatic ring is 1. The molecular weight excluding hydrogens is 264 g/mol. The number of amides is 2. The lowest BCUT2D eigenvalue weighted by Crippen LogP contribution is -2.36. The van der Waals surface area contributed by atoms with E-state index < -0.39 is 0 Å². The van der Waals surface area contributed by atoms with Gasteiger partial charge in [-0.05, 0) is 36.8 Å². The van der Waals surface area contributed by atoms with Gasteiger partial charge in [0.15, 0.2) is 0 Å². The molecule has 2 amide bonds. The van der Waals surface area contributed by atoms with Gasteiger partial charge in [-0.2, -0.15) is 0 Å². The van der Waals surface area contributed by atoms with Crippen molar-refractivity contribution in [3.8, 4) is 0 Å². The molecule has 2 aliphatic rings. The van der Waals surface area contributed by atoms with E-state index in [2.05, 4.69) is 6.92 Å². The van der Waals surface area contributed by atoms with Crippen LogP contribution in [0.2, 0.25) is 0 Å². The number of anilines is 1. The van der Waals surface area contributed by atoms with Crippen molar-refractivity contribution in [2.45, 2.75) is 39.0 Å². The number of hydrogen-bond donors (Lipinski definition) is 1. The number of benzene rings is 1. The maximum atomic E-state index is 12.4. The van der Waals surface area contributed by atoms with Crippen molar-refractivity contribution in [2.24, 2.45) is 11.8 Å². The Kier molecular flexibility index (Phi) is 3.70. The van der Waals surface area contributed by atoms with E-state index in [9.17, 15) is 9.59 Å². The van der Waals surface area contributed by atoms with Crippen LogP contribution in [0.25, 0.3) is 0 Å². The van der Waals surface area contributed by atoms with Gasteiger partial charge in [-0.15, -0.1) is 0 Å². The van der Waals surface area contributed by atoms with Gasteiger partial charge >= 0.3 is 0 Å². The van der Waals surface area contributed by atoms with Gasteiger partial charge in [0.25, 0.3) is 11.8 Å². The summed E-state index contributed by atoms with van der Waals surface area (Å²) in [6, 6.07) is 5.11. The summed E-state index contributed by atoms with van der Waals surface area (Å²) in [5, 5.41) is 0. The number of rotatable bonds is 3. The number of nitrogens with zero attached hydrogens (tertiary/aromatic N) is 1. The monoisotopic (exact) mass is 286 g/mol. The van der Waals surface area contributed by atoms with Crippen molar-refractivity contribution >= 4 is 17.5 Å². The molecule has 0 radical (unpaired) electrons. The third kappa shape index (κ3) is 2.43. The van der Waals surface area contributed by atoms with E-state index in [1.165, 1.54) is 24.2 Å². The van der Waals surface area contributed by atoms with Crippen LogP contribution in [0, 0.1) is 11.8 Å². The zero-order valence-electron chi connectivity index (χ0n) is 12.5. The van der Waals surface area contributed by atoms with Gasteiger partial charge in [0.2, 0.25) is 0 Å². The second-order valence-corrected chi connectivity index (χ2v) is 6.29. The van der Waals surface area contributed by atoms with Crippen LogP contribution in [0.3, 0.4) is 0 Å². The largest absolute Gasteiger partial charge is 0.398 e. The third-order valence-electron chi connectivity index (χ3n) is 5.02. The Bertz CT molecular complexity index is 574. The maximum absolute atomic E-state index is 12.4. The topological polar surface area (TPSA) is 63.4 Å². The number of imide groups is 1. The van der Waals surface area contributed by atoms with Crippen LogP contribution in [0.5, 0.6) is 0 Å². The fraction of sp³-hybridized carbons (Fsp3) is 0.529. The maximum Gasteiger partial charge on any atom is 0.263 e. The quantitative estimate of drug-likeness (QED) is 0.686. The first-order valence-corrected chi connectivity index (χ1v) is 7.86. The molecule has 0 spiro atoms. The van der Waals surface area contributed by atoms with E-state index in [-0.39, 0.29) is 11.8 Å². The molecule has 2 N–H and O–H groups in total. The SMILES string of the molecule is CCC1CCC(CN2C(=O)c3cccc(N)c3C2=O)CC1. The molecule has 1 saturated carbocycles. The second kappa shape index (κ2) is 5.51. The summed E-state index contributed by atoms with van der Waals surface area (Å²) in [7, 11) is 0. The van der Waals surface area contributed by atoms with E-state index in [1.54, 1.807) is 18.2 Å². The Balaban J connectivity index is 1.73. The molecule has 4 heteroatoms. The Morgan fingerprint density at radius 2 is 1.76 bits per heavy atom. The van der Waals surface area contributed by atoms with Crippen LogP contribution in [-0.4, -0.2) is 23.3 Å². The van der Waals surface area contributed by atoms with E-state index in [0.29, 0.717) is 29.3 Å². The molecule has 4 nitrogen and oxygen atoms in total. The Morgan fingerprint density at radius 1 is 1.10 bits per heavy atom. The fourth-order valence-corrected chi connectivity index (χ4v) is 3.61. The Morgan fingerprint density at radius 3 is 2.38 bits per heavy atom. The summed E-state index contributed by atoms with van der Waals surface area (Å²) >= 11 is 0. The van der Waals surface area contributed by atoms with E-state index in [1.807, 2.05) is 0 Å². The summed E-state index contributed by atoms with van der Waals surface area (Å²) in [5.41, 5.74) is 7.12. The van der Waals surface area contributed by atoms with Gasteiger partial charge in [-0.25, -0.2) is 0 Å². The number of nitrogens with two attached hydrogens (primary N) is 1. The summed E-state index contributed by atoms with van der Waals surface area (Å²) in [6.45, 7) is 2.78. The molecule has 112 valence electrons. The summed E-state index contributed by atoms with van der Waals surface area (Å²) in [5.74, 6) is 0.862. The van der Waals surface area contributed by atoms with Crippen molar-refractivity contribution < 1.29 is 9.59 Å². The molecule has 1 aliphatic carbocycles. The lowest BCUT2D eigenvalue weighted by molar-refractivity contribution is 0.0610. The summed E-state index contributed by atoms with van der Waals surface area (Å²) < 4.78 is 0. The number of hydrogen-bond acceptors (Lipinski definition) is 3. The molecule has 0 bridgehead atoms. The first-order chi connectivity index (χ1) is 10.1. The highest BCUT2D eigenvalue weighted by Gasteiger charge is 2.38. The molecule has 0 saturated heterocycles. The second-order valence-electron chi connectivity index (χ2n) is 6.29. The highest BCUT2D eigenvalue weighted by Crippen LogP contribution is 2.34. The Hall–Kier alpha value is -1.84. The predicted octanol–water partition coefficient (Wildman–Crippen LogP) is 3.08. The number of fused-ring (bicyclic) bond motifs is 1. The number of carbonyl (C=O) groups excluding carboxylic acids is 2. The first-order valence-electron chi connectivity index (χ1n) is 7.86. The summed E-state index contributed by atoms with van der Waals surface area (Å²) in [6.07, 6.45) is 5.89. The predicted molar refractivity (Wildman–Crippen MR) is 82.0 cm³/mol. The van der Waals surface area contributed by atoms with Gasteiger partial charge in [0.1, 0.15) is 0 Å². The van der Waals surface area contributed by atoms with Crippen molar-refractivity contribution in [3.05, 3.63) is 29.3 Å². The van der Waals surface area contributed by atoms with Crippen LogP contribution in [0.1, 0.15) is 59.7 Å². The van der Waals surface area contributed by atoms with Crippen LogP contribution in [0.15, 0.2) is 18.2 Å². The Labute approximate surface area is 125 Å². The van der Waals surface area contributed by atoms with Gasteiger partial charge in [0.05, 0.1) is 11.1 Å². The third-order valence-corrected chi connectivity index (χ3v) is 5.02. The minimum absolute atomic E-state index is 0.181. The average Bonchev–Trinajstić information content (AvgIpc) is 2.74. The van der Waals surface area contributed by atoms with Gasteiger partial charge in [-0.3, -0.25) is 14.5 Å². The van der Waals surface area contributed by atoms with E-state index in [0.717, 1.165) is 18.8 Å². The molecule has 0 unspecified atom stereocenters. The minimum atomic E-state index is -0.217. The lowest BCUT2D eigenvalue weighted by Gasteiger charge is -2.30. The van der Waals surface area contributed by atoms with Crippen molar-refractivity contribution in [1.82, 2.24) is 4.90 Å². The lowest BCUT2D eigenvalue weighted by atomic mass is 9.80. The molecule has 21 heavy (non-hydrogen) atoms. The van der Waals surface area contributed by atoms with Crippen molar-refractivity contribution in [1.29, 1.82) is 0 Å². The van der Waals surface area contributed by atoms with E-state index in [4.69, 9.17) is 5.73 Å². The molecule has 3 rings (SSSR count). The standard InChI is InChI=1S/C17H22N2O2/c1-2-11-6-8-12(9-7-11)10-19-16(20)13-4-3-5-14(18)15(13)17(19)21/h3-5,11-12H,2,6-10,18H2,1H3. The van der Waals surface area contributed by atoms with Gasteiger partial charge in [-0.1, -0.05) is 32.3 Å². The molecule has 1 fully saturated rings. The molecule has 1 heterocycles. The van der Waals surface area contributed by atoms with Crippen LogP contribution >= 0.6 is 0 Å². The van der Waals surface area contributed by atoms with E-state index >= 15 is 0 Å². The van der Waals surface area contributed by atoms with Crippen LogP contribution in [-0.2, 0) is 0 Å². The highest BCUT2D eigenvalue weighted by molar-refractivity contribution is 6.23. The zero-order valence-corrected chi connectivity index (χ0v) is 12.5. The van der Waals surface area contributed by atoms with Crippen molar-refractivity contribution in [2.75, 3.05) is 12.3 Å². The first kappa shape index (κ1) is 14.1. The molecule has 1 aromatic carbocycles. The van der Waals surface area contributed by atoms with Gasteiger partial charge in [0, 0.05) is 12.2 Å². The average molecular weight is 286 g/mol. The normalized spacial score (nSPS) is 25.3. The van der Waals surface area contributed by atoms with Crippen LogP contribution in [0.4, 0.5) is 5.69 Å². The fourth-order valence-electron chi connectivity index (χ4n) is 3.61. The van der Waals surface area contributed by atoms with Gasteiger partial charge < -0.3 is 5.73 Å². The zero-order chi connectivity index (χ0) is 15.0. The summed E-state index contributed by atoms with van der Waals surface area (Å²) in [4.78, 5) is 26.3. The van der Waals surface area contributed by atoms with Crippen LogP contribution < -0.4 is 5.73 Å². The molecule has 0 aromatic heterocycles.